The normalized spacial score (nSPS) is 30.4. The Hall–Kier alpha value is -1.26. The van der Waals surface area contributed by atoms with Gasteiger partial charge in [-0.05, 0) is 50.3 Å². The van der Waals surface area contributed by atoms with Crippen LogP contribution in [-0.4, -0.2) is 24.2 Å². The molecule has 1 aromatic rings. The van der Waals surface area contributed by atoms with Crippen LogP contribution in [0.4, 0.5) is 11.4 Å². The number of ether oxygens (including phenoxy) is 1. The third-order valence-electron chi connectivity index (χ3n) is 4.62. The topological polar surface area (TPSA) is 50.4 Å². The Morgan fingerprint density at radius 1 is 1.19 bits per heavy atom. The van der Waals surface area contributed by atoms with E-state index in [1.807, 2.05) is 18.2 Å². The van der Waals surface area contributed by atoms with Crippen LogP contribution < -0.4 is 10.6 Å². The first kappa shape index (κ1) is 13.4. The van der Waals surface area contributed by atoms with Crippen LogP contribution in [0.15, 0.2) is 18.2 Å². The number of halogens is 1. The maximum Gasteiger partial charge on any atom is 0.230 e. The lowest BCUT2D eigenvalue weighted by atomic mass is 9.88. The predicted molar refractivity (Wildman–Crippen MR) is 82.7 cm³/mol. The van der Waals surface area contributed by atoms with Gasteiger partial charge in [-0.15, -0.1) is 0 Å². The van der Waals surface area contributed by atoms with E-state index in [1.165, 1.54) is 12.8 Å². The minimum atomic E-state index is -0.0171. The van der Waals surface area contributed by atoms with Gasteiger partial charge in [-0.3, -0.25) is 4.79 Å². The quantitative estimate of drug-likeness (QED) is 0.896. The molecule has 2 heterocycles. The largest absolute Gasteiger partial charge is 0.381 e. The Morgan fingerprint density at radius 2 is 2.05 bits per heavy atom. The highest BCUT2D eigenvalue weighted by atomic mass is 35.5. The minimum Gasteiger partial charge on any atom is -0.381 e. The molecule has 3 atom stereocenters. The molecule has 4 rings (SSSR count). The molecule has 0 spiro atoms. The second-order valence-electron chi connectivity index (χ2n) is 6.31. The van der Waals surface area contributed by atoms with Crippen molar-refractivity contribution in [3.05, 3.63) is 23.2 Å². The lowest BCUT2D eigenvalue weighted by molar-refractivity contribution is -0.121. The van der Waals surface area contributed by atoms with E-state index in [9.17, 15) is 4.79 Å². The van der Waals surface area contributed by atoms with Crippen molar-refractivity contribution in [3.63, 3.8) is 0 Å². The van der Waals surface area contributed by atoms with Crippen molar-refractivity contribution in [1.29, 1.82) is 0 Å². The third kappa shape index (κ3) is 2.74. The molecule has 1 aromatic carbocycles. The number of anilines is 2. The highest BCUT2D eigenvalue weighted by molar-refractivity contribution is 6.31. The van der Waals surface area contributed by atoms with Crippen LogP contribution >= 0.6 is 11.6 Å². The minimum absolute atomic E-state index is 0.0171. The van der Waals surface area contributed by atoms with E-state index in [2.05, 4.69) is 10.6 Å². The maximum absolute atomic E-state index is 12.5. The molecular weight excluding hydrogens is 288 g/mol. The summed E-state index contributed by atoms with van der Waals surface area (Å²) in [4.78, 5) is 12.5. The summed E-state index contributed by atoms with van der Waals surface area (Å²) in [6.07, 6.45) is 5.73. The summed E-state index contributed by atoms with van der Waals surface area (Å²) in [7, 11) is 0. The van der Waals surface area contributed by atoms with E-state index in [0.29, 0.717) is 11.1 Å². The molecule has 1 amide bonds. The third-order valence-corrected chi connectivity index (χ3v) is 4.85. The number of carbonyl (C=O) groups excluding carboxylic acids is 1. The molecule has 1 aliphatic carbocycles. The maximum atomic E-state index is 12.5. The number of rotatable bonds is 4. The summed E-state index contributed by atoms with van der Waals surface area (Å²) >= 11 is 6.07. The van der Waals surface area contributed by atoms with Crippen LogP contribution in [0.1, 0.15) is 32.1 Å². The average Bonchev–Trinajstić information content (AvgIpc) is 3.03. The molecule has 2 saturated heterocycles. The lowest BCUT2D eigenvalue weighted by Gasteiger charge is -2.19. The smallest absolute Gasteiger partial charge is 0.230 e. The zero-order valence-corrected chi connectivity index (χ0v) is 12.5. The van der Waals surface area contributed by atoms with Crippen molar-refractivity contribution in [2.24, 2.45) is 5.92 Å². The van der Waals surface area contributed by atoms with Crippen LogP contribution in [0.25, 0.3) is 0 Å². The number of hydrogen-bond donors (Lipinski definition) is 2. The summed E-state index contributed by atoms with van der Waals surface area (Å²) in [5.74, 6) is 0.0415. The fraction of sp³-hybridized carbons (Fsp3) is 0.562. The van der Waals surface area contributed by atoms with Crippen molar-refractivity contribution in [2.45, 2.75) is 50.4 Å². The van der Waals surface area contributed by atoms with Gasteiger partial charge in [0.25, 0.3) is 0 Å². The highest BCUT2D eigenvalue weighted by Crippen LogP contribution is 2.40. The van der Waals surface area contributed by atoms with Crippen LogP contribution in [0.2, 0.25) is 5.02 Å². The standard InChI is InChI=1S/C16H19ClN2O2/c17-9-1-5-13(18-10-2-3-10)14(7-9)19-16(20)12-8-11-4-6-15(12)21-11/h1,5,7,10-12,15,18H,2-4,6,8H2,(H,19,20)/t11-,12+,15-/m1/s1. The first-order valence-corrected chi connectivity index (χ1v) is 8.09. The summed E-state index contributed by atoms with van der Waals surface area (Å²) in [5, 5.41) is 7.12. The molecule has 0 radical (unpaired) electrons. The van der Waals surface area contributed by atoms with Gasteiger partial charge in [0, 0.05) is 11.1 Å². The molecule has 21 heavy (non-hydrogen) atoms. The number of nitrogens with one attached hydrogen (secondary N) is 2. The van der Waals surface area contributed by atoms with Crippen molar-refractivity contribution in [2.75, 3.05) is 10.6 Å². The first-order valence-electron chi connectivity index (χ1n) is 7.71. The molecular formula is C16H19ClN2O2. The number of benzene rings is 1. The Balaban J connectivity index is 1.50. The van der Waals surface area contributed by atoms with Gasteiger partial charge in [0.15, 0.2) is 0 Å². The fourth-order valence-corrected chi connectivity index (χ4v) is 3.50. The summed E-state index contributed by atoms with van der Waals surface area (Å²) < 4.78 is 5.77. The van der Waals surface area contributed by atoms with Gasteiger partial charge < -0.3 is 15.4 Å². The van der Waals surface area contributed by atoms with Crippen LogP contribution in [0, 0.1) is 5.92 Å². The predicted octanol–water partition coefficient (Wildman–Crippen LogP) is 3.42. The van der Waals surface area contributed by atoms with Crippen molar-refractivity contribution >= 4 is 28.9 Å². The fourth-order valence-electron chi connectivity index (χ4n) is 3.33. The molecule has 4 nitrogen and oxygen atoms in total. The average molecular weight is 307 g/mol. The molecule has 0 aromatic heterocycles. The van der Waals surface area contributed by atoms with Gasteiger partial charge in [-0.25, -0.2) is 0 Å². The molecule has 2 aliphatic heterocycles. The van der Waals surface area contributed by atoms with Crippen molar-refractivity contribution < 1.29 is 9.53 Å². The molecule has 112 valence electrons. The number of fused-ring (bicyclic) bond motifs is 2. The molecule has 1 saturated carbocycles. The zero-order chi connectivity index (χ0) is 14.4. The Bertz CT molecular complexity index is 573. The van der Waals surface area contributed by atoms with E-state index in [4.69, 9.17) is 16.3 Å². The molecule has 3 aliphatic rings. The monoisotopic (exact) mass is 306 g/mol. The number of amides is 1. The Labute approximate surface area is 129 Å². The van der Waals surface area contributed by atoms with Gasteiger partial charge in [0.2, 0.25) is 5.91 Å². The van der Waals surface area contributed by atoms with Crippen molar-refractivity contribution in [3.8, 4) is 0 Å². The van der Waals surface area contributed by atoms with E-state index in [0.717, 1.165) is 30.6 Å². The number of carbonyl (C=O) groups is 1. The summed E-state index contributed by atoms with van der Waals surface area (Å²) in [6.45, 7) is 0. The van der Waals surface area contributed by atoms with Crippen LogP contribution in [-0.2, 0) is 9.53 Å². The van der Waals surface area contributed by atoms with E-state index in [-0.39, 0.29) is 24.0 Å². The first-order chi connectivity index (χ1) is 10.2. The highest BCUT2D eigenvalue weighted by Gasteiger charge is 2.44. The van der Waals surface area contributed by atoms with Gasteiger partial charge in [-0.1, -0.05) is 11.6 Å². The Morgan fingerprint density at radius 3 is 2.71 bits per heavy atom. The van der Waals surface area contributed by atoms with E-state index >= 15 is 0 Å². The second kappa shape index (κ2) is 5.18. The summed E-state index contributed by atoms with van der Waals surface area (Å²) in [6, 6.07) is 6.14. The van der Waals surface area contributed by atoms with Gasteiger partial charge in [0.05, 0.1) is 29.5 Å². The van der Waals surface area contributed by atoms with Gasteiger partial charge in [-0.2, -0.15) is 0 Å². The Kier molecular flexibility index (Phi) is 3.31. The van der Waals surface area contributed by atoms with Crippen LogP contribution in [0.3, 0.4) is 0 Å². The second-order valence-corrected chi connectivity index (χ2v) is 6.75. The van der Waals surface area contributed by atoms with Gasteiger partial charge in [0.1, 0.15) is 0 Å². The number of hydrogen-bond acceptors (Lipinski definition) is 3. The van der Waals surface area contributed by atoms with E-state index < -0.39 is 0 Å². The molecule has 5 heteroatoms. The van der Waals surface area contributed by atoms with Crippen LogP contribution in [0.5, 0.6) is 0 Å². The van der Waals surface area contributed by atoms with E-state index in [1.54, 1.807) is 0 Å². The zero-order valence-electron chi connectivity index (χ0n) is 11.8. The molecule has 0 unspecified atom stereocenters. The van der Waals surface area contributed by atoms with Crippen molar-refractivity contribution in [1.82, 2.24) is 0 Å². The SMILES string of the molecule is O=C(Nc1cc(Cl)ccc1NC1CC1)[C@H]1C[C@H]2CC[C@H]1O2. The lowest BCUT2D eigenvalue weighted by Crippen LogP contribution is -2.30. The van der Waals surface area contributed by atoms with Gasteiger partial charge >= 0.3 is 0 Å². The molecule has 2 N–H and O–H groups in total. The summed E-state index contributed by atoms with van der Waals surface area (Å²) in [5.41, 5.74) is 1.74. The molecule has 3 fully saturated rings. The molecule has 2 bridgehead atoms.